The number of alkyl halides is 4. The van der Waals surface area contributed by atoms with Crippen molar-refractivity contribution < 1.29 is 27.8 Å². The van der Waals surface area contributed by atoms with E-state index in [1.165, 1.54) is 23.3 Å². The number of hydrogen-bond donors (Lipinski definition) is 2. The fraction of sp³-hybridized carbons (Fsp3) is 0.500. The summed E-state index contributed by atoms with van der Waals surface area (Å²) in [5.74, 6) is 1.33. The Labute approximate surface area is 197 Å². The topological polar surface area (TPSA) is 40.5 Å². The highest BCUT2D eigenvalue weighted by Crippen LogP contribution is 2.64. The van der Waals surface area contributed by atoms with Gasteiger partial charge in [0.2, 0.25) is 0 Å². The molecular weight excluding hydrogens is 443 g/mol. The van der Waals surface area contributed by atoms with Crippen LogP contribution < -0.4 is 0 Å². The number of rotatable bonds is 3. The first kappa shape index (κ1) is 23.4. The number of aromatic hydroxyl groups is 1. The SMILES string of the molecule is C[C@]12CCC3c4ccc(O)cc4CCC3C1CC[C@@]2(O)C=Cc1cc(C[18F])ccc1C(F)(F)F. The first-order valence-electron chi connectivity index (χ1n) is 12.1. The first-order valence-corrected chi connectivity index (χ1v) is 12.1. The second-order valence-corrected chi connectivity index (χ2v) is 10.6. The maximum Gasteiger partial charge on any atom is 0.416 e. The van der Waals surface area contributed by atoms with Crippen molar-refractivity contribution in [3.63, 3.8) is 0 Å². The van der Waals surface area contributed by atoms with Gasteiger partial charge < -0.3 is 10.2 Å². The molecule has 3 unspecified atom stereocenters. The van der Waals surface area contributed by atoms with Gasteiger partial charge in [-0.15, -0.1) is 0 Å². The van der Waals surface area contributed by atoms with E-state index in [0.717, 1.165) is 44.2 Å². The maximum absolute atomic E-state index is 13.5. The lowest BCUT2D eigenvalue weighted by atomic mass is 9.53. The van der Waals surface area contributed by atoms with E-state index in [4.69, 9.17) is 0 Å². The van der Waals surface area contributed by atoms with Gasteiger partial charge in [0.05, 0.1) is 11.2 Å². The summed E-state index contributed by atoms with van der Waals surface area (Å²) in [5, 5.41) is 21.6. The van der Waals surface area contributed by atoms with Gasteiger partial charge >= 0.3 is 6.18 Å². The van der Waals surface area contributed by atoms with Crippen LogP contribution in [0.5, 0.6) is 5.75 Å². The Balaban J connectivity index is 1.45. The summed E-state index contributed by atoms with van der Waals surface area (Å²) in [5.41, 5.74) is 0.0954. The summed E-state index contributed by atoms with van der Waals surface area (Å²) in [6, 6.07) is 8.93. The van der Waals surface area contributed by atoms with E-state index in [9.17, 15) is 27.8 Å². The Morgan fingerprint density at radius 2 is 1.85 bits per heavy atom. The van der Waals surface area contributed by atoms with Crippen LogP contribution in [0.15, 0.2) is 42.5 Å². The number of phenols is 1. The summed E-state index contributed by atoms with van der Waals surface area (Å²) in [7, 11) is 0. The first-order chi connectivity index (χ1) is 16.1. The molecule has 5 atom stereocenters. The zero-order chi connectivity index (χ0) is 24.3. The van der Waals surface area contributed by atoms with Gasteiger partial charge in [-0.25, -0.2) is 4.39 Å². The summed E-state index contributed by atoms with van der Waals surface area (Å²) in [4.78, 5) is 0. The highest BCUT2D eigenvalue weighted by atomic mass is 19.4. The average molecular weight is 474 g/mol. The number of benzene rings is 2. The molecule has 2 fully saturated rings. The highest BCUT2D eigenvalue weighted by molar-refractivity contribution is 5.57. The van der Waals surface area contributed by atoms with Gasteiger partial charge in [0.25, 0.3) is 0 Å². The molecule has 0 amide bonds. The number of aryl methyl sites for hydroxylation is 1. The van der Waals surface area contributed by atoms with Crippen molar-refractivity contribution in [3.05, 3.63) is 70.3 Å². The highest BCUT2D eigenvalue weighted by Gasteiger charge is 2.60. The van der Waals surface area contributed by atoms with Crippen LogP contribution in [-0.2, 0) is 19.3 Å². The van der Waals surface area contributed by atoms with E-state index in [0.29, 0.717) is 18.3 Å². The minimum absolute atomic E-state index is 0.108. The van der Waals surface area contributed by atoms with E-state index >= 15 is 0 Å². The molecule has 0 heterocycles. The smallest absolute Gasteiger partial charge is 0.416 e. The molecule has 0 aliphatic heterocycles. The van der Waals surface area contributed by atoms with Crippen molar-refractivity contribution in [1.29, 1.82) is 0 Å². The van der Waals surface area contributed by atoms with Gasteiger partial charge in [-0.3, -0.25) is 0 Å². The summed E-state index contributed by atoms with van der Waals surface area (Å²) in [6.45, 7) is 1.24. The third-order valence-corrected chi connectivity index (χ3v) is 9.04. The second kappa shape index (κ2) is 8.11. The van der Waals surface area contributed by atoms with Gasteiger partial charge in [0.1, 0.15) is 12.4 Å². The fourth-order valence-electron chi connectivity index (χ4n) is 7.21. The van der Waals surface area contributed by atoms with Crippen LogP contribution in [0.1, 0.15) is 72.8 Å². The molecule has 2 N–H and O–H groups in total. The van der Waals surface area contributed by atoms with Gasteiger partial charge in [0.15, 0.2) is 0 Å². The van der Waals surface area contributed by atoms with Gasteiger partial charge in [-0.05, 0) is 103 Å². The lowest BCUT2D eigenvalue weighted by Gasteiger charge is -2.52. The van der Waals surface area contributed by atoms with Crippen LogP contribution >= 0.6 is 0 Å². The minimum atomic E-state index is -4.55. The quantitative estimate of drug-likeness (QED) is 0.464. The predicted octanol–water partition coefficient (Wildman–Crippen LogP) is 7.18. The molecule has 182 valence electrons. The van der Waals surface area contributed by atoms with Crippen LogP contribution in [0.4, 0.5) is 17.6 Å². The Hall–Kier alpha value is -2.34. The summed E-state index contributed by atoms with van der Waals surface area (Å²) >= 11 is 0. The van der Waals surface area contributed by atoms with Gasteiger partial charge in [0, 0.05) is 5.41 Å². The van der Waals surface area contributed by atoms with E-state index < -0.39 is 29.4 Å². The Morgan fingerprint density at radius 3 is 2.59 bits per heavy atom. The second-order valence-electron chi connectivity index (χ2n) is 10.6. The zero-order valence-corrected chi connectivity index (χ0v) is 19.2. The Morgan fingerprint density at radius 1 is 1.06 bits per heavy atom. The molecule has 5 rings (SSSR count). The maximum atomic E-state index is 13.5. The third-order valence-electron chi connectivity index (χ3n) is 9.04. The zero-order valence-electron chi connectivity index (χ0n) is 19.2. The average Bonchev–Trinajstić information content (AvgIpc) is 3.07. The van der Waals surface area contributed by atoms with Crippen molar-refractivity contribution in [2.24, 2.45) is 17.3 Å². The normalized spacial score (nSPS) is 32.9. The molecule has 0 radical (unpaired) electrons. The number of fused-ring (bicyclic) bond motifs is 5. The molecular formula is C28H30F4O2. The molecule has 0 saturated heterocycles. The molecule has 2 aromatic carbocycles. The monoisotopic (exact) mass is 473 g/mol. The van der Waals surface area contributed by atoms with E-state index in [1.807, 2.05) is 12.1 Å². The molecule has 0 bridgehead atoms. The van der Waals surface area contributed by atoms with Crippen molar-refractivity contribution in [1.82, 2.24) is 0 Å². The van der Waals surface area contributed by atoms with Crippen molar-refractivity contribution in [2.45, 2.75) is 69.8 Å². The van der Waals surface area contributed by atoms with Gasteiger partial charge in [-0.1, -0.05) is 31.2 Å². The molecule has 3 aliphatic rings. The van der Waals surface area contributed by atoms with Crippen LogP contribution in [0.2, 0.25) is 0 Å². The van der Waals surface area contributed by atoms with E-state index in [1.54, 1.807) is 12.1 Å². The number of aliphatic hydroxyl groups is 1. The predicted molar refractivity (Wildman–Crippen MR) is 123 cm³/mol. The van der Waals surface area contributed by atoms with Gasteiger partial charge in [-0.2, -0.15) is 13.2 Å². The number of halogens is 4. The molecule has 2 saturated carbocycles. The summed E-state index contributed by atoms with van der Waals surface area (Å²) in [6.07, 6.45) is 3.21. The van der Waals surface area contributed by atoms with Crippen molar-refractivity contribution in [3.8, 4) is 5.75 Å². The Bertz CT molecular complexity index is 1120. The summed E-state index contributed by atoms with van der Waals surface area (Å²) < 4.78 is 53.8. The van der Waals surface area contributed by atoms with Crippen molar-refractivity contribution in [2.75, 3.05) is 0 Å². The largest absolute Gasteiger partial charge is 0.508 e. The van der Waals surface area contributed by atoms with E-state index in [-0.39, 0.29) is 22.8 Å². The standard InChI is InChI=1S/C28H30F4O2/c1-26-11-9-22-21-6-4-20(33)15-18(21)3-5-23(22)25(26)10-13-27(26,34)12-8-19-14-17(16-29)2-7-24(19)28(30,31)32/h2,4,6-8,12,14-15,22-23,25,33-34H,3,5,9-11,13,16H2,1H3/t22?,23?,25?,26-,27-/m0/s1/i29-1. The fourth-order valence-corrected chi connectivity index (χ4v) is 7.21. The molecule has 6 heteroatoms. The molecule has 0 spiro atoms. The molecule has 3 aliphatic carbocycles. The number of phenolic OH excluding ortho intramolecular Hbond substituents is 1. The van der Waals surface area contributed by atoms with Crippen LogP contribution in [0.3, 0.4) is 0 Å². The Kier molecular flexibility index (Phi) is 5.58. The molecule has 0 aromatic heterocycles. The lowest BCUT2D eigenvalue weighted by molar-refractivity contribution is -0.137. The molecule has 2 nitrogen and oxygen atoms in total. The van der Waals surface area contributed by atoms with Crippen LogP contribution in [-0.4, -0.2) is 15.8 Å². The number of hydrogen-bond acceptors (Lipinski definition) is 2. The van der Waals surface area contributed by atoms with Crippen molar-refractivity contribution >= 4 is 6.08 Å². The van der Waals surface area contributed by atoms with E-state index in [2.05, 4.69) is 6.92 Å². The van der Waals surface area contributed by atoms with Crippen LogP contribution in [0, 0.1) is 17.3 Å². The lowest BCUT2D eigenvalue weighted by Crippen LogP contribution is -2.49. The third kappa shape index (κ3) is 3.65. The minimum Gasteiger partial charge on any atom is -0.508 e. The molecule has 2 aromatic rings. The van der Waals surface area contributed by atoms with Crippen LogP contribution in [0.25, 0.3) is 6.08 Å². The molecule has 34 heavy (non-hydrogen) atoms.